The summed E-state index contributed by atoms with van der Waals surface area (Å²) in [6.45, 7) is 0.354. The molecule has 1 fully saturated rings. The highest BCUT2D eigenvalue weighted by atomic mass is 19.1. The second kappa shape index (κ2) is 10.1. The Bertz CT molecular complexity index is 1720. The maximum absolute atomic E-state index is 13.8. The van der Waals surface area contributed by atoms with Crippen LogP contribution in [0.25, 0.3) is 33.5 Å². The van der Waals surface area contributed by atoms with Crippen LogP contribution in [0.3, 0.4) is 0 Å². The number of halogens is 1. The molecule has 0 saturated heterocycles. The fraction of sp³-hybridized carbons (Fsp3) is 0.267. The number of hydrogen-bond acceptors (Lipinski definition) is 8. The fourth-order valence-electron chi connectivity index (χ4n) is 5.43. The van der Waals surface area contributed by atoms with Crippen molar-refractivity contribution in [3.8, 4) is 28.5 Å². The summed E-state index contributed by atoms with van der Waals surface area (Å²) in [4.78, 5) is 30.1. The fourth-order valence-corrected chi connectivity index (χ4v) is 5.43. The molecule has 0 bridgehead atoms. The first kappa shape index (κ1) is 24.3. The number of pyridine rings is 1. The average molecular weight is 536 g/mol. The normalized spacial score (nSPS) is 16.5. The summed E-state index contributed by atoms with van der Waals surface area (Å²) < 4.78 is 22.1. The van der Waals surface area contributed by atoms with Crippen molar-refractivity contribution in [3.63, 3.8) is 0 Å². The Morgan fingerprint density at radius 1 is 1.00 bits per heavy atom. The van der Waals surface area contributed by atoms with Crippen LogP contribution < -0.4 is 10.1 Å². The number of fused-ring (bicyclic) bond motifs is 2. The summed E-state index contributed by atoms with van der Waals surface area (Å²) in [6.07, 6.45) is 6.81. The molecule has 5 aromatic rings. The van der Waals surface area contributed by atoms with Crippen LogP contribution in [0.1, 0.15) is 37.5 Å². The molecule has 1 aliphatic carbocycles. The number of imidazole rings is 1. The highest BCUT2D eigenvalue weighted by Gasteiger charge is 2.31. The van der Waals surface area contributed by atoms with E-state index in [9.17, 15) is 9.30 Å². The Labute approximate surface area is 229 Å². The molecular weight excluding hydrogens is 509 g/mol. The van der Waals surface area contributed by atoms with Crippen LogP contribution in [-0.2, 0) is 6.42 Å². The minimum absolute atomic E-state index is 0.0263. The molecule has 4 heterocycles. The topological polar surface area (TPSA) is 107 Å². The van der Waals surface area contributed by atoms with E-state index in [1.165, 1.54) is 18.6 Å². The molecule has 40 heavy (non-hydrogen) atoms. The third kappa shape index (κ3) is 4.45. The van der Waals surface area contributed by atoms with Crippen LogP contribution in [-0.4, -0.2) is 37.2 Å². The van der Waals surface area contributed by atoms with Crippen molar-refractivity contribution in [3.05, 3.63) is 83.4 Å². The van der Waals surface area contributed by atoms with Gasteiger partial charge in [-0.05, 0) is 73.3 Å². The zero-order chi connectivity index (χ0) is 27.1. The predicted molar refractivity (Wildman–Crippen MR) is 150 cm³/mol. The zero-order valence-electron chi connectivity index (χ0n) is 21.6. The molecule has 3 aromatic heterocycles. The van der Waals surface area contributed by atoms with E-state index in [1.54, 1.807) is 36.5 Å². The Balaban J connectivity index is 1.24. The van der Waals surface area contributed by atoms with E-state index < -0.39 is 0 Å². The van der Waals surface area contributed by atoms with E-state index in [4.69, 9.17) is 14.7 Å². The van der Waals surface area contributed by atoms with E-state index in [0.29, 0.717) is 30.0 Å². The first-order valence-electron chi connectivity index (χ1n) is 13.5. The van der Waals surface area contributed by atoms with Gasteiger partial charge in [0.1, 0.15) is 29.5 Å². The van der Waals surface area contributed by atoms with Gasteiger partial charge in [-0.1, -0.05) is 12.1 Å². The molecule has 1 unspecified atom stereocenters. The smallest absolute Gasteiger partial charge is 0.223 e. The van der Waals surface area contributed by atoms with Crippen molar-refractivity contribution in [2.24, 2.45) is 5.18 Å². The van der Waals surface area contributed by atoms with Gasteiger partial charge in [0.05, 0.1) is 23.1 Å². The highest BCUT2D eigenvalue weighted by Crippen LogP contribution is 2.40. The molecule has 7 rings (SSSR count). The quantitative estimate of drug-likeness (QED) is 0.222. The largest absolute Gasteiger partial charge is 0.475 e. The molecule has 200 valence electrons. The van der Waals surface area contributed by atoms with Crippen LogP contribution in [0.2, 0.25) is 0 Å². The molecule has 1 aliphatic heterocycles. The van der Waals surface area contributed by atoms with Crippen LogP contribution >= 0.6 is 0 Å². The van der Waals surface area contributed by atoms with Gasteiger partial charge in [-0.3, -0.25) is 0 Å². The highest BCUT2D eigenvalue weighted by molar-refractivity contribution is 5.89. The molecule has 2 aliphatic rings. The van der Waals surface area contributed by atoms with Crippen molar-refractivity contribution in [2.45, 2.75) is 44.2 Å². The Morgan fingerprint density at radius 2 is 1.88 bits per heavy atom. The minimum atomic E-state index is -0.298. The summed E-state index contributed by atoms with van der Waals surface area (Å²) in [5.74, 6) is 1.64. The van der Waals surface area contributed by atoms with Crippen LogP contribution in [0, 0.1) is 10.7 Å². The third-order valence-corrected chi connectivity index (χ3v) is 7.70. The number of para-hydroxylation sites is 1. The lowest BCUT2D eigenvalue weighted by Crippen LogP contribution is -2.28. The second-order valence-corrected chi connectivity index (χ2v) is 10.2. The molecule has 0 amide bonds. The first-order chi connectivity index (χ1) is 19.7. The van der Waals surface area contributed by atoms with E-state index >= 15 is 0 Å². The number of aromatic nitrogens is 5. The van der Waals surface area contributed by atoms with Crippen molar-refractivity contribution in [1.82, 2.24) is 24.5 Å². The maximum Gasteiger partial charge on any atom is 0.223 e. The summed E-state index contributed by atoms with van der Waals surface area (Å²) in [5, 5.41) is 7.36. The van der Waals surface area contributed by atoms with Gasteiger partial charge in [-0.25, -0.2) is 24.3 Å². The van der Waals surface area contributed by atoms with Crippen LogP contribution in [0.15, 0.2) is 72.0 Å². The summed E-state index contributed by atoms with van der Waals surface area (Å²) in [6, 6.07) is 17.6. The summed E-state index contributed by atoms with van der Waals surface area (Å²) in [7, 11) is 0. The van der Waals surface area contributed by atoms with Gasteiger partial charge in [0, 0.05) is 35.7 Å². The molecule has 1 N–H and O–H groups in total. The molecule has 9 nitrogen and oxygen atoms in total. The number of anilines is 1. The summed E-state index contributed by atoms with van der Waals surface area (Å²) in [5.41, 5.74) is 3.95. The summed E-state index contributed by atoms with van der Waals surface area (Å²) >= 11 is 0. The number of nitrogens with zero attached hydrogens (tertiary/aromatic N) is 6. The molecule has 1 atom stereocenters. The van der Waals surface area contributed by atoms with Gasteiger partial charge >= 0.3 is 0 Å². The van der Waals surface area contributed by atoms with Crippen LogP contribution in [0.4, 0.5) is 16.0 Å². The lowest BCUT2D eigenvalue weighted by molar-refractivity contribution is 0.248. The number of aryl methyl sites for hydroxylation is 1. The van der Waals surface area contributed by atoms with Crippen molar-refractivity contribution >= 4 is 22.5 Å². The molecule has 10 heteroatoms. The van der Waals surface area contributed by atoms with Crippen LogP contribution in [0.5, 0.6) is 5.88 Å². The van der Waals surface area contributed by atoms with Gasteiger partial charge in [-0.15, -0.1) is 4.91 Å². The molecule has 0 radical (unpaired) electrons. The van der Waals surface area contributed by atoms with Crippen molar-refractivity contribution in [2.75, 3.05) is 11.9 Å². The molecule has 2 aromatic carbocycles. The van der Waals surface area contributed by atoms with Gasteiger partial charge in [0.25, 0.3) is 0 Å². The van der Waals surface area contributed by atoms with Gasteiger partial charge in [-0.2, -0.15) is 0 Å². The molecular formula is C30H26FN7O2. The lowest BCUT2D eigenvalue weighted by atomic mass is 9.93. The van der Waals surface area contributed by atoms with E-state index in [0.717, 1.165) is 59.5 Å². The molecule has 1 saturated carbocycles. The Hall–Kier alpha value is -4.73. The van der Waals surface area contributed by atoms with Crippen molar-refractivity contribution < 1.29 is 9.13 Å². The number of ether oxygens (including phenoxy) is 1. The van der Waals surface area contributed by atoms with E-state index in [1.807, 2.05) is 18.2 Å². The number of rotatable bonds is 8. The maximum atomic E-state index is 13.8. The monoisotopic (exact) mass is 535 g/mol. The zero-order valence-corrected chi connectivity index (χ0v) is 21.6. The molecule has 0 spiro atoms. The third-order valence-electron chi connectivity index (χ3n) is 7.70. The Morgan fingerprint density at radius 3 is 2.67 bits per heavy atom. The number of nitrogens with one attached hydrogen (secondary N) is 1. The average Bonchev–Trinajstić information content (AvgIpc) is 3.53. The van der Waals surface area contributed by atoms with Gasteiger partial charge in [0.2, 0.25) is 11.8 Å². The lowest BCUT2D eigenvalue weighted by Gasteiger charge is -2.26. The van der Waals surface area contributed by atoms with Gasteiger partial charge < -0.3 is 14.6 Å². The SMILES string of the molecule is O=Nc1cccc2ccc(OCC3CCc4nc(-c5ccc(F)cc5)c(-c5ccnc(NC6CCC6)n5)n43)nc12. The predicted octanol–water partition coefficient (Wildman–Crippen LogP) is 6.62. The van der Waals surface area contributed by atoms with Gasteiger partial charge in [0.15, 0.2) is 0 Å². The van der Waals surface area contributed by atoms with E-state index in [-0.39, 0.29) is 17.5 Å². The number of nitroso groups, excluding NO2 is 1. The van der Waals surface area contributed by atoms with E-state index in [2.05, 4.69) is 25.0 Å². The Kier molecular flexibility index (Phi) is 6.14. The number of benzene rings is 2. The second-order valence-electron chi connectivity index (χ2n) is 10.2. The number of hydrogen-bond donors (Lipinski definition) is 1. The standard InChI is InChI=1S/C30H26FN7O2/c31-20-10-7-19(8-11-20)28-29(24-15-16-32-30(34-24)33-21-4-2-5-21)38-22(12-13-25(38)35-28)17-40-26-14-9-18-3-1-6-23(37-39)27(18)36-26/h1,3,6-11,14-16,21-22H,2,4-5,12-13,17H2,(H,32,33,34). The minimum Gasteiger partial charge on any atom is -0.475 e. The first-order valence-corrected chi connectivity index (χ1v) is 13.5. The van der Waals surface area contributed by atoms with Crippen molar-refractivity contribution in [1.29, 1.82) is 0 Å².